The molecule has 0 unspecified atom stereocenters. The number of furan rings is 1. The van der Waals surface area contributed by atoms with Gasteiger partial charge in [0.2, 0.25) is 5.91 Å². The number of hydrogen-bond donors (Lipinski definition) is 1. The standard InChI is InChI=1S/C35H35ClN4O6/c1-3-44-34(42)14-16-38-33(41)10-6-9-29-22(2)24-19-32(26(36)20-31(24)45-29)46-30-13-15-37-21-25(30)35(43)40-18-17-39(23-11-12-23)27-7-4-5-8-28(27)40/h4-9,13,15,19-21,23H,3,10-12,14,16-18H2,1-2H3,(H,38,41)/b9-6+. The van der Waals surface area contributed by atoms with Gasteiger partial charge < -0.3 is 29.0 Å². The van der Waals surface area contributed by atoms with Gasteiger partial charge >= 0.3 is 5.97 Å². The smallest absolute Gasteiger partial charge is 0.307 e. The predicted octanol–water partition coefficient (Wildman–Crippen LogP) is 6.68. The van der Waals surface area contributed by atoms with Crippen molar-refractivity contribution in [2.24, 2.45) is 0 Å². The molecule has 0 atom stereocenters. The maximum Gasteiger partial charge on any atom is 0.307 e. The van der Waals surface area contributed by atoms with Gasteiger partial charge in [-0.25, -0.2) is 0 Å². The van der Waals surface area contributed by atoms with E-state index in [4.69, 9.17) is 25.5 Å². The molecule has 238 valence electrons. The lowest BCUT2D eigenvalue weighted by Crippen LogP contribution is -2.45. The number of hydrogen-bond acceptors (Lipinski definition) is 8. The number of anilines is 2. The van der Waals surface area contributed by atoms with E-state index in [0.717, 1.165) is 28.9 Å². The third kappa shape index (κ3) is 6.72. The van der Waals surface area contributed by atoms with Crippen molar-refractivity contribution in [2.45, 2.75) is 45.6 Å². The molecule has 2 aromatic carbocycles. The summed E-state index contributed by atoms with van der Waals surface area (Å²) in [5.74, 6) is 0.528. The molecular formula is C35H35ClN4O6. The van der Waals surface area contributed by atoms with Gasteiger partial charge in [0.25, 0.3) is 5.91 Å². The molecule has 4 aromatic rings. The van der Waals surface area contributed by atoms with E-state index in [1.54, 1.807) is 48.4 Å². The van der Waals surface area contributed by atoms with Gasteiger partial charge in [-0.3, -0.25) is 19.4 Å². The lowest BCUT2D eigenvalue weighted by atomic mass is 10.1. The fourth-order valence-electron chi connectivity index (χ4n) is 5.62. The van der Waals surface area contributed by atoms with Crippen LogP contribution in [0.2, 0.25) is 5.02 Å². The number of carbonyl (C=O) groups excluding carboxylic acids is 3. The summed E-state index contributed by atoms with van der Waals surface area (Å²) in [6.07, 6.45) is 9.13. The fourth-order valence-corrected chi connectivity index (χ4v) is 5.81. The van der Waals surface area contributed by atoms with Gasteiger partial charge in [-0.1, -0.05) is 29.8 Å². The zero-order chi connectivity index (χ0) is 32.2. The predicted molar refractivity (Wildman–Crippen MR) is 177 cm³/mol. The summed E-state index contributed by atoms with van der Waals surface area (Å²) in [6, 6.07) is 13.7. The summed E-state index contributed by atoms with van der Waals surface area (Å²) < 4.78 is 17.2. The Bertz CT molecular complexity index is 1810. The number of nitrogens with one attached hydrogen (secondary N) is 1. The number of pyridine rings is 1. The molecule has 10 nitrogen and oxygen atoms in total. The van der Waals surface area contributed by atoms with Crippen LogP contribution in [0.25, 0.3) is 17.0 Å². The molecule has 46 heavy (non-hydrogen) atoms. The first-order valence-corrected chi connectivity index (χ1v) is 15.8. The van der Waals surface area contributed by atoms with Crippen molar-refractivity contribution >= 4 is 57.8 Å². The first kappa shape index (κ1) is 31.2. The summed E-state index contributed by atoms with van der Waals surface area (Å²) in [5, 5.41) is 3.79. The number of rotatable bonds is 11. The van der Waals surface area contributed by atoms with Gasteiger partial charge in [0.15, 0.2) is 0 Å². The highest BCUT2D eigenvalue weighted by molar-refractivity contribution is 6.32. The molecule has 0 spiro atoms. The average Bonchev–Trinajstić information content (AvgIpc) is 3.86. The monoisotopic (exact) mass is 642 g/mol. The highest BCUT2D eigenvalue weighted by Crippen LogP contribution is 2.42. The van der Waals surface area contributed by atoms with Crippen LogP contribution in [0.1, 0.15) is 54.3 Å². The fraction of sp³-hybridized carbons (Fsp3) is 0.314. The molecule has 2 aromatic heterocycles. The maximum absolute atomic E-state index is 14.0. The van der Waals surface area contributed by atoms with Gasteiger partial charge in [0.05, 0.1) is 29.4 Å². The zero-order valence-corrected chi connectivity index (χ0v) is 26.5. The molecule has 1 saturated carbocycles. The SMILES string of the molecule is CCOC(=O)CCNC(=O)C/C=C/c1oc2cc(Cl)c(Oc3ccncc3C(=O)N3CCN(C4CC4)c4ccccc43)cc2c1C. The van der Waals surface area contributed by atoms with Crippen molar-refractivity contribution in [2.75, 3.05) is 36.0 Å². The molecule has 1 aliphatic heterocycles. The molecule has 2 amide bonds. The Hall–Kier alpha value is -4.83. The molecule has 0 radical (unpaired) electrons. The van der Waals surface area contributed by atoms with E-state index in [0.29, 0.717) is 52.6 Å². The second-order valence-corrected chi connectivity index (χ2v) is 11.6. The van der Waals surface area contributed by atoms with E-state index in [1.165, 1.54) is 19.0 Å². The van der Waals surface area contributed by atoms with Gasteiger partial charge in [-0.05, 0) is 57.0 Å². The van der Waals surface area contributed by atoms with E-state index < -0.39 is 0 Å². The van der Waals surface area contributed by atoms with Gasteiger partial charge in [-0.15, -0.1) is 0 Å². The Labute approximate surface area is 271 Å². The number of halogens is 1. The number of nitrogens with zero attached hydrogens (tertiary/aromatic N) is 3. The number of esters is 1. The van der Waals surface area contributed by atoms with Crippen molar-refractivity contribution in [1.82, 2.24) is 10.3 Å². The van der Waals surface area contributed by atoms with Crippen molar-refractivity contribution in [3.05, 3.63) is 82.8 Å². The van der Waals surface area contributed by atoms with E-state index >= 15 is 0 Å². The van der Waals surface area contributed by atoms with Crippen molar-refractivity contribution in [1.29, 1.82) is 0 Å². The van der Waals surface area contributed by atoms with E-state index in [1.807, 2.05) is 25.1 Å². The van der Waals surface area contributed by atoms with E-state index in [-0.39, 0.29) is 37.2 Å². The van der Waals surface area contributed by atoms with Crippen LogP contribution in [0.15, 0.2) is 65.4 Å². The summed E-state index contributed by atoms with van der Waals surface area (Å²) in [5.41, 5.74) is 3.68. The molecule has 0 saturated heterocycles. The van der Waals surface area contributed by atoms with Crippen molar-refractivity contribution in [3.63, 3.8) is 0 Å². The Morgan fingerprint density at radius 2 is 1.91 bits per heavy atom. The lowest BCUT2D eigenvalue weighted by molar-refractivity contribution is -0.143. The van der Waals surface area contributed by atoms with Crippen molar-refractivity contribution in [3.8, 4) is 11.5 Å². The van der Waals surface area contributed by atoms with Crippen LogP contribution in [-0.2, 0) is 14.3 Å². The average molecular weight is 643 g/mol. The van der Waals surface area contributed by atoms with Crippen LogP contribution < -0.4 is 19.9 Å². The summed E-state index contributed by atoms with van der Waals surface area (Å²) in [7, 11) is 0. The van der Waals surface area contributed by atoms with Gasteiger partial charge in [0.1, 0.15) is 28.4 Å². The first-order valence-electron chi connectivity index (χ1n) is 15.4. The molecular weight excluding hydrogens is 608 g/mol. The van der Waals surface area contributed by atoms with Crippen LogP contribution >= 0.6 is 11.6 Å². The second-order valence-electron chi connectivity index (χ2n) is 11.2. The Kier molecular flexibility index (Phi) is 9.25. The van der Waals surface area contributed by atoms with Crippen LogP contribution in [0.4, 0.5) is 11.4 Å². The highest BCUT2D eigenvalue weighted by atomic mass is 35.5. The molecule has 3 heterocycles. The van der Waals surface area contributed by atoms with Crippen LogP contribution in [-0.4, -0.2) is 55.1 Å². The number of fused-ring (bicyclic) bond motifs is 2. The molecule has 1 N–H and O–H groups in total. The quantitative estimate of drug-likeness (QED) is 0.180. The maximum atomic E-state index is 14.0. The molecule has 11 heteroatoms. The zero-order valence-electron chi connectivity index (χ0n) is 25.8. The van der Waals surface area contributed by atoms with Gasteiger partial charge in [-0.2, -0.15) is 0 Å². The number of ether oxygens (including phenoxy) is 2. The topological polar surface area (TPSA) is 114 Å². The molecule has 1 fully saturated rings. The van der Waals surface area contributed by atoms with E-state index in [9.17, 15) is 14.4 Å². The number of amides is 2. The Balaban J connectivity index is 1.17. The first-order chi connectivity index (χ1) is 22.3. The minimum atomic E-state index is -0.349. The molecule has 6 rings (SSSR count). The minimum Gasteiger partial charge on any atom is -0.466 e. The molecule has 1 aliphatic carbocycles. The largest absolute Gasteiger partial charge is 0.466 e. The number of carbonyl (C=O) groups is 3. The Morgan fingerprint density at radius 1 is 1.11 bits per heavy atom. The number of aromatic nitrogens is 1. The van der Waals surface area contributed by atoms with Crippen LogP contribution in [0.3, 0.4) is 0 Å². The normalized spacial score (nSPS) is 14.4. The molecule has 0 bridgehead atoms. The minimum absolute atomic E-state index is 0.118. The summed E-state index contributed by atoms with van der Waals surface area (Å²) >= 11 is 6.64. The summed E-state index contributed by atoms with van der Waals surface area (Å²) in [4.78, 5) is 46.0. The van der Waals surface area contributed by atoms with Crippen molar-refractivity contribution < 1.29 is 28.3 Å². The second kappa shape index (κ2) is 13.7. The van der Waals surface area contributed by atoms with Crippen LogP contribution in [0.5, 0.6) is 11.5 Å². The third-order valence-corrected chi connectivity index (χ3v) is 8.36. The highest BCUT2D eigenvalue weighted by Gasteiger charge is 2.36. The lowest BCUT2D eigenvalue weighted by Gasteiger charge is -2.38. The summed E-state index contributed by atoms with van der Waals surface area (Å²) in [6.45, 7) is 5.49. The number of para-hydroxylation sites is 2. The van der Waals surface area contributed by atoms with E-state index in [2.05, 4.69) is 21.3 Å². The third-order valence-electron chi connectivity index (χ3n) is 8.07. The molecule has 2 aliphatic rings. The van der Waals surface area contributed by atoms with Gasteiger partial charge in [0, 0.05) is 61.5 Å². The number of aryl methyl sites for hydroxylation is 1. The van der Waals surface area contributed by atoms with Crippen LogP contribution in [0, 0.1) is 6.92 Å². The Morgan fingerprint density at radius 3 is 2.70 bits per heavy atom. The number of benzene rings is 2.